The van der Waals surface area contributed by atoms with E-state index in [1.807, 2.05) is 24.3 Å². The van der Waals surface area contributed by atoms with Gasteiger partial charge in [-0.2, -0.15) is 0 Å². The van der Waals surface area contributed by atoms with Crippen LogP contribution in [-0.4, -0.2) is 22.9 Å². The van der Waals surface area contributed by atoms with E-state index in [-0.39, 0.29) is 5.84 Å². The van der Waals surface area contributed by atoms with Crippen LogP contribution in [0.5, 0.6) is 0 Å². The van der Waals surface area contributed by atoms with Crippen molar-refractivity contribution in [3.8, 4) is 0 Å². The summed E-state index contributed by atoms with van der Waals surface area (Å²) in [5, 5.41) is 13.8. The molecule has 2 heterocycles. The zero-order chi connectivity index (χ0) is 16.9. The van der Waals surface area contributed by atoms with Crippen LogP contribution >= 0.6 is 0 Å². The highest BCUT2D eigenvalue weighted by Gasteiger charge is 2.06. The Labute approximate surface area is 137 Å². The second-order valence-electron chi connectivity index (χ2n) is 4.84. The molecule has 3 aromatic rings. The first-order valence-electron chi connectivity index (χ1n) is 7.07. The van der Waals surface area contributed by atoms with E-state index in [2.05, 4.69) is 30.2 Å². The first kappa shape index (κ1) is 15.3. The molecule has 0 saturated heterocycles. The Kier molecular flexibility index (Phi) is 4.28. The van der Waals surface area contributed by atoms with Gasteiger partial charge in [0, 0.05) is 28.7 Å². The van der Waals surface area contributed by atoms with Gasteiger partial charge in [0.25, 0.3) is 0 Å². The van der Waals surface area contributed by atoms with Crippen LogP contribution in [0.1, 0.15) is 5.56 Å². The fourth-order valence-electron chi connectivity index (χ4n) is 2.12. The fourth-order valence-corrected chi connectivity index (χ4v) is 2.12. The number of nitrogens with two attached hydrogens (primary N) is 2. The van der Waals surface area contributed by atoms with E-state index in [1.54, 1.807) is 18.3 Å². The van der Waals surface area contributed by atoms with Crippen molar-refractivity contribution >= 4 is 33.9 Å². The molecule has 0 bridgehead atoms. The number of hydrogen-bond acceptors (Lipinski definition) is 7. The first-order valence-corrected chi connectivity index (χ1v) is 7.07. The summed E-state index contributed by atoms with van der Waals surface area (Å²) in [5.41, 5.74) is 12.8. The van der Waals surface area contributed by atoms with Crippen LogP contribution in [0.4, 0.5) is 17.3 Å². The summed E-state index contributed by atoms with van der Waals surface area (Å²) in [6.45, 7) is 0. The van der Waals surface area contributed by atoms with E-state index in [4.69, 9.17) is 11.5 Å². The van der Waals surface area contributed by atoms with Gasteiger partial charge in [0.05, 0.1) is 0 Å². The smallest absolute Gasteiger partial charge is 0.174 e. The Morgan fingerprint density at radius 1 is 1.04 bits per heavy atom. The van der Waals surface area contributed by atoms with E-state index in [0.29, 0.717) is 22.9 Å². The molecule has 0 aliphatic carbocycles. The summed E-state index contributed by atoms with van der Waals surface area (Å²) in [6.07, 6.45) is 3.24. The minimum Gasteiger partial charge on any atom is -0.397 e. The monoisotopic (exact) mass is 321 g/mol. The van der Waals surface area contributed by atoms with Crippen molar-refractivity contribution in [1.29, 1.82) is 0 Å². The topological polar surface area (TPSA) is 124 Å². The molecular formula is C16H15N7O. The molecule has 0 spiro atoms. The minimum absolute atomic E-state index is 0.232. The SMILES string of the molecule is CON=C(N)c1ccc(N=Nc2c(N)ncc3ccccc23)nc1. The maximum atomic E-state index is 5.92. The van der Waals surface area contributed by atoms with Crippen molar-refractivity contribution in [2.75, 3.05) is 12.8 Å². The van der Waals surface area contributed by atoms with Crippen molar-refractivity contribution in [3.63, 3.8) is 0 Å². The van der Waals surface area contributed by atoms with E-state index in [0.717, 1.165) is 10.8 Å². The second-order valence-corrected chi connectivity index (χ2v) is 4.84. The van der Waals surface area contributed by atoms with Crippen molar-refractivity contribution in [3.05, 3.63) is 54.4 Å². The number of rotatable bonds is 4. The van der Waals surface area contributed by atoms with E-state index >= 15 is 0 Å². The van der Waals surface area contributed by atoms with Crippen molar-refractivity contribution < 1.29 is 4.84 Å². The zero-order valence-corrected chi connectivity index (χ0v) is 12.9. The van der Waals surface area contributed by atoms with Gasteiger partial charge in [-0.05, 0) is 12.1 Å². The number of amidine groups is 1. The van der Waals surface area contributed by atoms with Gasteiger partial charge in [-0.1, -0.05) is 29.4 Å². The number of nitrogens with zero attached hydrogens (tertiary/aromatic N) is 5. The molecule has 1 aromatic carbocycles. The van der Waals surface area contributed by atoms with Gasteiger partial charge < -0.3 is 16.3 Å². The number of hydrogen-bond donors (Lipinski definition) is 2. The number of benzene rings is 1. The number of pyridine rings is 2. The number of azo groups is 1. The average Bonchev–Trinajstić information content (AvgIpc) is 2.61. The fraction of sp³-hybridized carbons (Fsp3) is 0.0625. The third-order valence-electron chi connectivity index (χ3n) is 3.29. The molecule has 0 radical (unpaired) electrons. The molecule has 0 unspecified atom stereocenters. The lowest BCUT2D eigenvalue weighted by Gasteiger charge is -2.03. The Morgan fingerprint density at radius 3 is 2.62 bits per heavy atom. The zero-order valence-electron chi connectivity index (χ0n) is 12.9. The summed E-state index contributed by atoms with van der Waals surface area (Å²) in [6, 6.07) is 11.1. The Hall–Kier alpha value is -3.55. The molecule has 0 amide bonds. The van der Waals surface area contributed by atoms with Crippen LogP contribution in [0.3, 0.4) is 0 Å². The normalized spacial score (nSPS) is 12.0. The molecule has 2 aromatic heterocycles. The summed E-state index contributed by atoms with van der Waals surface area (Å²) in [7, 11) is 1.42. The third-order valence-corrected chi connectivity index (χ3v) is 3.29. The van der Waals surface area contributed by atoms with Gasteiger partial charge >= 0.3 is 0 Å². The molecule has 120 valence electrons. The molecular weight excluding hydrogens is 306 g/mol. The highest BCUT2D eigenvalue weighted by molar-refractivity contribution is 5.97. The van der Waals surface area contributed by atoms with Crippen LogP contribution < -0.4 is 11.5 Å². The molecule has 0 aliphatic heterocycles. The maximum Gasteiger partial charge on any atom is 0.174 e. The summed E-state index contributed by atoms with van der Waals surface area (Å²) in [4.78, 5) is 12.9. The highest BCUT2D eigenvalue weighted by atomic mass is 16.6. The number of nitrogen functional groups attached to an aromatic ring is 1. The quantitative estimate of drug-likeness (QED) is 0.331. The van der Waals surface area contributed by atoms with Gasteiger partial charge in [-0.3, -0.25) is 0 Å². The van der Waals surface area contributed by atoms with Crippen molar-refractivity contribution in [1.82, 2.24) is 9.97 Å². The van der Waals surface area contributed by atoms with Crippen LogP contribution in [0.2, 0.25) is 0 Å². The summed E-state index contributed by atoms with van der Waals surface area (Å²) in [5.74, 6) is 0.956. The van der Waals surface area contributed by atoms with Gasteiger partial charge in [-0.15, -0.1) is 10.2 Å². The molecule has 24 heavy (non-hydrogen) atoms. The molecule has 8 nitrogen and oxygen atoms in total. The largest absolute Gasteiger partial charge is 0.397 e. The van der Waals surface area contributed by atoms with Gasteiger partial charge in [0.15, 0.2) is 17.5 Å². The summed E-state index contributed by atoms with van der Waals surface area (Å²) < 4.78 is 0. The molecule has 0 saturated carbocycles. The lowest BCUT2D eigenvalue weighted by atomic mass is 10.1. The third kappa shape index (κ3) is 3.12. The average molecular weight is 321 g/mol. The molecule has 0 fully saturated rings. The van der Waals surface area contributed by atoms with E-state index in [9.17, 15) is 0 Å². The molecule has 0 aliphatic rings. The Balaban J connectivity index is 1.92. The lowest BCUT2D eigenvalue weighted by molar-refractivity contribution is 0.213. The standard InChI is InChI=1S/C16H15N7O/c1-24-23-15(17)11-6-7-13(19-9-11)21-22-14-12-5-3-2-4-10(12)8-20-16(14)18/h2-9H,1H3,(H2,17,23)(H2,18,20). The number of aromatic nitrogens is 2. The number of anilines is 1. The molecule has 0 atom stereocenters. The van der Waals surface area contributed by atoms with E-state index in [1.165, 1.54) is 13.3 Å². The predicted octanol–water partition coefficient (Wildman–Crippen LogP) is 2.89. The number of oxime groups is 1. The Bertz CT molecular complexity index is 919. The van der Waals surface area contributed by atoms with Crippen molar-refractivity contribution in [2.45, 2.75) is 0 Å². The number of fused-ring (bicyclic) bond motifs is 1. The van der Waals surface area contributed by atoms with Crippen molar-refractivity contribution in [2.24, 2.45) is 21.1 Å². The van der Waals surface area contributed by atoms with E-state index < -0.39 is 0 Å². The molecule has 4 N–H and O–H groups in total. The first-order chi connectivity index (χ1) is 11.7. The predicted molar refractivity (Wildman–Crippen MR) is 92.3 cm³/mol. The van der Waals surface area contributed by atoms with Crippen LogP contribution in [0, 0.1) is 0 Å². The van der Waals surface area contributed by atoms with Gasteiger partial charge in [0.2, 0.25) is 0 Å². The second kappa shape index (κ2) is 6.69. The summed E-state index contributed by atoms with van der Waals surface area (Å²) >= 11 is 0. The van der Waals surface area contributed by atoms with Crippen LogP contribution in [0.15, 0.2) is 64.2 Å². The minimum atomic E-state index is 0.232. The molecule has 3 rings (SSSR count). The van der Waals surface area contributed by atoms with Gasteiger partial charge in [-0.25, -0.2) is 9.97 Å². The Morgan fingerprint density at radius 2 is 1.88 bits per heavy atom. The molecule has 8 heteroatoms. The highest BCUT2D eigenvalue weighted by Crippen LogP contribution is 2.31. The lowest BCUT2D eigenvalue weighted by Crippen LogP contribution is -2.13. The maximum absolute atomic E-state index is 5.92. The van der Waals surface area contributed by atoms with Crippen LogP contribution in [0.25, 0.3) is 10.8 Å². The van der Waals surface area contributed by atoms with Gasteiger partial charge in [0.1, 0.15) is 12.8 Å². The van der Waals surface area contributed by atoms with Crippen LogP contribution in [-0.2, 0) is 4.84 Å².